The van der Waals surface area contributed by atoms with Gasteiger partial charge in [-0.05, 0) is 13.5 Å². The topological polar surface area (TPSA) is 73.4 Å². The van der Waals surface area contributed by atoms with E-state index in [1.165, 1.54) is 0 Å². The van der Waals surface area contributed by atoms with E-state index in [1.54, 1.807) is 0 Å². The molecule has 1 aliphatic rings. The molecule has 0 saturated heterocycles. The molecule has 1 saturated carbocycles. The maximum Gasteiger partial charge on any atom is 0.308 e. The molecular weight excluding hydrogens is 206 g/mol. The fourth-order valence-corrected chi connectivity index (χ4v) is 2.09. The number of carboxylic acids is 1. The van der Waals surface area contributed by atoms with E-state index in [-0.39, 0.29) is 12.0 Å². The molecule has 0 bridgehead atoms. The Labute approximate surface area is 97.0 Å². The number of hydrogen-bond donors (Lipinski definition) is 4. The van der Waals surface area contributed by atoms with Crippen molar-refractivity contribution in [2.75, 3.05) is 20.1 Å². The standard InChI is InChI=1S/C11H23N3O2/c1-7(2)13-4-5-14-10-8(11(15)16)6-9(10)12-3/h7-10,12-14H,4-6H2,1-3H3,(H,15,16). The summed E-state index contributed by atoms with van der Waals surface area (Å²) in [5.41, 5.74) is 0. The fourth-order valence-electron chi connectivity index (χ4n) is 2.09. The zero-order chi connectivity index (χ0) is 12.1. The summed E-state index contributed by atoms with van der Waals surface area (Å²) in [6.07, 6.45) is 0.723. The van der Waals surface area contributed by atoms with Crippen molar-refractivity contribution < 1.29 is 9.90 Å². The van der Waals surface area contributed by atoms with Gasteiger partial charge in [-0.1, -0.05) is 13.8 Å². The van der Waals surface area contributed by atoms with Crippen LogP contribution < -0.4 is 16.0 Å². The Bertz CT molecular complexity index is 233. The van der Waals surface area contributed by atoms with Crippen molar-refractivity contribution in [3.05, 3.63) is 0 Å². The molecule has 3 unspecified atom stereocenters. The van der Waals surface area contributed by atoms with Crippen LogP contribution in [0.5, 0.6) is 0 Å². The van der Waals surface area contributed by atoms with Crippen molar-refractivity contribution in [2.24, 2.45) is 5.92 Å². The molecule has 1 aliphatic carbocycles. The van der Waals surface area contributed by atoms with Gasteiger partial charge >= 0.3 is 5.97 Å². The van der Waals surface area contributed by atoms with Gasteiger partial charge in [0.25, 0.3) is 0 Å². The predicted molar refractivity (Wildman–Crippen MR) is 63.5 cm³/mol. The minimum atomic E-state index is -0.694. The second-order valence-corrected chi connectivity index (χ2v) is 4.66. The van der Waals surface area contributed by atoms with Crippen LogP contribution in [0, 0.1) is 5.92 Å². The first-order valence-electron chi connectivity index (χ1n) is 5.93. The highest BCUT2D eigenvalue weighted by Crippen LogP contribution is 2.27. The third kappa shape index (κ3) is 3.43. The Morgan fingerprint density at radius 3 is 2.62 bits per heavy atom. The number of aliphatic carboxylic acids is 1. The van der Waals surface area contributed by atoms with Crippen molar-refractivity contribution in [3.63, 3.8) is 0 Å². The van der Waals surface area contributed by atoms with Crippen molar-refractivity contribution in [1.29, 1.82) is 0 Å². The lowest BCUT2D eigenvalue weighted by Gasteiger charge is -2.42. The summed E-state index contributed by atoms with van der Waals surface area (Å²) in [7, 11) is 1.88. The van der Waals surface area contributed by atoms with E-state index in [2.05, 4.69) is 29.8 Å². The van der Waals surface area contributed by atoms with Gasteiger partial charge in [-0.25, -0.2) is 0 Å². The Morgan fingerprint density at radius 1 is 1.44 bits per heavy atom. The summed E-state index contributed by atoms with van der Waals surface area (Å²) >= 11 is 0. The molecule has 5 nitrogen and oxygen atoms in total. The normalized spacial score (nSPS) is 29.1. The molecule has 0 aromatic rings. The molecule has 1 fully saturated rings. The van der Waals surface area contributed by atoms with Crippen LogP contribution in [-0.2, 0) is 4.79 Å². The second kappa shape index (κ2) is 6.18. The van der Waals surface area contributed by atoms with Gasteiger partial charge in [-0.2, -0.15) is 0 Å². The largest absolute Gasteiger partial charge is 0.481 e. The molecule has 4 N–H and O–H groups in total. The summed E-state index contributed by atoms with van der Waals surface area (Å²) < 4.78 is 0. The van der Waals surface area contributed by atoms with Crippen molar-refractivity contribution in [2.45, 2.75) is 38.4 Å². The Kier molecular flexibility index (Phi) is 5.18. The monoisotopic (exact) mass is 229 g/mol. The van der Waals surface area contributed by atoms with Crippen LogP contribution in [0.4, 0.5) is 0 Å². The first kappa shape index (κ1) is 13.4. The SMILES string of the molecule is CNC1CC(C(=O)O)C1NCCNC(C)C. The number of carbonyl (C=O) groups is 1. The van der Waals surface area contributed by atoms with Crippen molar-refractivity contribution in [3.8, 4) is 0 Å². The summed E-state index contributed by atoms with van der Waals surface area (Å²) in [6, 6.07) is 0.829. The van der Waals surface area contributed by atoms with Gasteiger partial charge in [0.2, 0.25) is 0 Å². The highest BCUT2D eigenvalue weighted by Gasteiger charge is 2.44. The van der Waals surface area contributed by atoms with E-state index in [1.807, 2.05) is 7.05 Å². The lowest BCUT2D eigenvalue weighted by molar-refractivity contribution is -0.147. The molecule has 16 heavy (non-hydrogen) atoms. The Hall–Kier alpha value is -0.650. The molecule has 94 valence electrons. The molecule has 0 aromatic carbocycles. The van der Waals surface area contributed by atoms with Crippen LogP contribution in [0.2, 0.25) is 0 Å². The van der Waals surface area contributed by atoms with E-state index >= 15 is 0 Å². The van der Waals surface area contributed by atoms with Crippen LogP contribution in [-0.4, -0.2) is 49.3 Å². The smallest absolute Gasteiger partial charge is 0.308 e. The van der Waals surface area contributed by atoms with Gasteiger partial charge in [0.05, 0.1) is 5.92 Å². The maximum absolute atomic E-state index is 10.9. The average Bonchev–Trinajstić information content (AvgIpc) is 2.15. The number of likely N-dealkylation sites (N-methyl/N-ethyl adjacent to an activating group) is 1. The molecule has 1 rings (SSSR count). The van der Waals surface area contributed by atoms with Gasteiger partial charge in [0.1, 0.15) is 0 Å². The van der Waals surface area contributed by atoms with E-state index in [0.717, 1.165) is 19.5 Å². The molecule has 0 heterocycles. The Morgan fingerprint density at radius 2 is 2.12 bits per heavy atom. The average molecular weight is 229 g/mol. The summed E-state index contributed by atoms with van der Waals surface area (Å²) in [6.45, 7) is 5.88. The molecule has 3 atom stereocenters. The maximum atomic E-state index is 10.9. The number of nitrogens with one attached hydrogen (secondary N) is 3. The van der Waals surface area contributed by atoms with E-state index in [9.17, 15) is 4.79 Å². The highest BCUT2D eigenvalue weighted by molar-refractivity contribution is 5.72. The first-order chi connectivity index (χ1) is 7.56. The lowest BCUT2D eigenvalue weighted by Crippen LogP contribution is -2.63. The molecule has 0 aliphatic heterocycles. The third-order valence-corrected chi connectivity index (χ3v) is 3.12. The van der Waals surface area contributed by atoms with Crippen molar-refractivity contribution >= 4 is 5.97 Å². The van der Waals surface area contributed by atoms with Crippen LogP contribution in [0.25, 0.3) is 0 Å². The summed E-state index contributed by atoms with van der Waals surface area (Å²) in [5, 5.41) is 18.7. The minimum absolute atomic E-state index is 0.0662. The molecule has 0 aromatic heterocycles. The van der Waals surface area contributed by atoms with E-state index in [4.69, 9.17) is 5.11 Å². The highest BCUT2D eigenvalue weighted by atomic mass is 16.4. The van der Waals surface area contributed by atoms with Crippen LogP contribution in [0.15, 0.2) is 0 Å². The number of hydrogen-bond acceptors (Lipinski definition) is 4. The minimum Gasteiger partial charge on any atom is -0.481 e. The van der Waals surface area contributed by atoms with Gasteiger partial charge in [-0.3, -0.25) is 4.79 Å². The van der Waals surface area contributed by atoms with Crippen molar-refractivity contribution in [1.82, 2.24) is 16.0 Å². The van der Waals surface area contributed by atoms with Crippen LogP contribution >= 0.6 is 0 Å². The third-order valence-electron chi connectivity index (χ3n) is 3.12. The quantitative estimate of drug-likeness (QED) is 0.449. The van der Waals surface area contributed by atoms with Crippen LogP contribution in [0.1, 0.15) is 20.3 Å². The van der Waals surface area contributed by atoms with Gasteiger partial charge < -0.3 is 21.1 Å². The lowest BCUT2D eigenvalue weighted by atomic mass is 9.74. The number of rotatable bonds is 7. The molecular formula is C11H23N3O2. The molecule has 5 heteroatoms. The van der Waals surface area contributed by atoms with Crippen LogP contribution in [0.3, 0.4) is 0 Å². The fraction of sp³-hybridized carbons (Fsp3) is 0.909. The summed E-state index contributed by atoms with van der Waals surface area (Å²) in [5.74, 6) is -0.933. The van der Waals surface area contributed by atoms with E-state index < -0.39 is 5.97 Å². The van der Waals surface area contributed by atoms with E-state index in [0.29, 0.717) is 12.1 Å². The predicted octanol–water partition coefficient (Wildman–Crippen LogP) is -0.365. The zero-order valence-electron chi connectivity index (χ0n) is 10.3. The Balaban J connectivity index is 2.24. The molecule has 0 spiro atoms. The molecule has 0 radical (unpaired) electrons. The first-order valence-corrected chi connectivity index (χ1v) is 5.93. The van der Waals surface area contributed by atoms with Gasteiger partial charge in [0.15, 0.2) is 0 Å². The second-order valence-electron chi connectivity index (χ2n) is 4.66. The van der Waals surface area contributed by atoms with Gasteiger partial charge in [-0.15, -0.1) is 0 Å². The summed E-state index contributed by atoms with van der Waals surface area (Å²) in [4.78, 5) is 10.9. The van der Waals surface area contributed by atoms with Gasteiger partial charge in [0, 0.05) is 31.2 Å². The molecule has 0 amide bonds. The zero-order valence-corrected chi connectivity index (χ0v) is 10.3. The number of carboxylic acid groups (broad SMARTS) is 1.